The first-order chi connectivity index (χ1) is 5.09. The summed E-state index contributed by atoms with van der Waals surface area (Å²) in [6.45, 7) is 0. The molecular weight excluding hydrogens is 189 g/mol. The van der Waals surface area contributed by atoms with E-state index in [0.29, 0.717) is 0 Å². The van der Waals surface area contributed by atoms with E-state index in [1.165, 1.54) is 0 Å². The van der Waals surface area contributed by atoms with Crippen LogP contribution in [-0.2, 0) is 0 Å². The van der Waals surface area contributed by atoms with Crippen LogP contribution in [0.3, 0.4) is 0 Å². The number of rotatable bonds is 1. The van der Waals surface area contributed by atoms with Crippen molar-refractivity contribution in [2.24, 2.45) is 5.73 Å². The number of carbonyl (C=O) groups excluding carboxylic acids is 1. The molecule has 3 N–H and O–H groups in total. The molecule has 0 radical (unpaired) electrons. The fourth-order valence-electron chi connectivity index (χ4n) is 0.548. The molecule has 0 atom stereocenters. The van der Waals surface area contributed by atoms with Crippen LogP contribution in [0, 0.1) is 0 Å². The van der Waals surface area contributed by atoms with Gasteiger partial charge in [-0.1, -0.05) is 0 Å². The number of hydrogen-bond acceptors (Lipinski definition) is 5. The zero-order chi connectivity index (χ0) is 8.43. The monoisotopic (exact) mass is 195 g/mol. The molecule has 1 heterocycles. The SMILES string of the molecule is NC(=O)c1cc(O)nc(S)n1.[NaH]. The van der Waals surface area contributed by atoms with Crippen molar-refractivity contribution in [2.75, 3.05) is 0 Å². The molecule has 1 aromatic heterocycles. The topological polar surface area (TPSA) is 89.1 Å². The van der Waals surface area contributed by atoms with E-state index in [-0.39, 0.29) is 46.3 Å². The number of thiol groups is 1. The molecule has 0 aromatic carbocycles. The minimum atomic E-state index is -0.724. The Balaban J connectivity index is 0.00000121. The van der Waals surface area contributed by atoms with Gasteiger partial charge in [0.05, 0.1) is 0 Å². The van der Waals surface area contributed by atoms with Gasteiger partial charge in [0, 0.05) is 6.07 Å². The summed E-state index contributed by atoms with van der Waals surface area (Å²) >= 11 is 3.73. The van der Waals surface area contributed by atoms with Gasteiger partial charge in [-0.05, 0) is 0 Å². The van der Waals surface area contributed by atoms with Crippen molar-refractivity contribution in [2.45, 2.75) is 5.16 Å². The zero-order valence-corrected chi connectivity index (χ0v) is 6.25. The molecule has 7 heteroatoms. The van der Waals surface area contributed by atoms with E-state index < -0.39 is 5.91 Å². The number of primary amides is 1. The van der Waals surface area contributed by atoms with Crippen molar-refractivity contribution >= 4 is 48.1 Å². The molecule has 5 nitrogen and oxygen atoms in total. The summed E-state index contributed by atoms with van der Waals surface area (Å²) in [5.41, 5.74) is 4.82. The van der Waals surface area contributed by atoms with Crippen molar-refractivity contribution in [3.8, 4) is 5.88 Å². The molecule has 0 saturated heterocycles. The average molecular weight is 195 g/mol. The number of nitrogens with two attached hydrogens (primary N) is 1. The number of amides is 1. The third kappa shape index (κ3) is 2.98. The van der Waals surface area contributed by atoms with Gasteiger partial charge in [-0.3, -0.25) is 4.79 Å². The summed E-state index contributed by atoms with van der Waals surface area (Å²) in [5.74, 6) is -1.04. The van der Waals surface area contributed by atoms with Crippen LogP contribution in [0.1, 0.15) is 10.5 Å². The van der Waals surface area contributed by atoms with Gasteiger partial charge in [0.2, 0.25) is 5.88 Å². The van der Waals surface area contributed by atoms with Crippen LogP contribution in [0.15, 0.2) is 11.2 Å². The Morgan fingerprint density at radius 2 is 2.17 bits per heavy atom. The van der Waals surface area contributed by atoms with Gasteiger partial charge >= 0.3 is 29.6 Å². The van der Waals surface area contributed by atoms with Gasteiger partial charge in [-0.25, -0.2) is 4.98 Å². The fraction of sp³-hybridized carbons (Fsp3) is 0. The van der Waals surface area contributed by atoms with Crippen LogP contribution >= 0.6 is 12.6 Å². The van der Waals surface area contributed by atoms with E-state index in [9.17, 15) is 4.79 Å². The van der Waals surface area contributed by atoms with Crippen LogP contribution in [-0.4, -0.2) is 50.5 Å². The van der Waals surface area contributed by atoms with Gasteiger partial charge in [0.15, 0.2) is 5.16 Å². The van der Waals surface area contributed by atoms with Gasteiger partial charge in [-0.15, -0.1) is 12.6 Å². The van der Waals surface area contributed by atoms with Gasteiger partial charge in [-0.2, -0.15) is 4.98 Å². The fourth-order valence-corrected chi connectivity index (χ4v) is 0.758. The van der Waals surface area contributed by atoms with E-state index >= 15 is 0 Å². The molecular formula is C5H6N3NaO2S. The Morgan fingerprint density at radius 3 is 2.58 bits per heavy atom. The van der Waals surface area contributed by atoms with Crippen LogP contribution in [0.2, 0.25) is 0 Å². The molecule has 0 aliphatic rings. The minimum absolute atomic E-state index is 0. The van der Waals surface area contributed by atoms with Crippen LogP contribution in [0.5, 0.6) is 5.88 Å². The summed E-state index contributed by atoms with van der Waals surface area (Å²) in [6.07, 6.45) is 0. The predicted molar refractivity (Wildman–Crippen MR) is 46.6 cm³/mol. The van der Waals surface area contributed by atoms with E-state index in [0.717, 1.165) is 6.07 Å². The molecule has 60 valence electrons. The predicted octanol–water partition coefficient (Wildman–Crippen LogP) is -1.08. The second-order valence-electron chi connectivity index (χ2n) is 1.78. The van der Waals surface area contributed by atoms with E-state index in [1.54, 1.807) is 0 Å². The molecule has 0 aliphatic heterocycles. The molecule has 0 bridgehead atoms. The second-order valence-corrected chi connectivity index (χ2v) is 2.18. The Labute approximate surface area is 96.1 Å². The average Bonchev–Trinajstić information content (AvgIpc) is 1.85. The molecule has 1 aromatic rings. The van der Waals surface area contributed by atoms with Crippen molar-refractivity contribution in [3.05, 3.63) is 11.8 Å². The second kappa shape index (κ2) is 4.66. The Kier molecular flexibility index (Phi) is 4.54. The number of nitrogens with zero attached hydrogens (tertiary/aromatic N) is 2. The molecule has 1 amide bonds. The van der Waals surface area contributed by atoms with Gasteiger partial charge in [0.25, 0.3) is 5.91 Å². The molecule has 12 heavy (non-hydrogen) atoms. The number of aromatic nitrogens is 2. The van der Waals surface area contributed by atoms with Crippen LogP contribution in [0.25, 0.3) is 0 Å². The first kappa shape index (κ1) is 11.7. The first-order valence-corrected chi connectivity index (χ1v) is 3.11. The number of carbonyl (C=O) groups is 1. The maximum atomic E-state index is 10.5. The normalized spacial score (nSPS) is 8.75. The number of hydrogen-bond donors (Lipinski definition) is 3. The quantitative estimate of drug-likeness (QED) is 0.302. The summed E-state index contributed by atoms with van der Waals surface area (Å²) in [5, 5.41) is 8.85. The molecule has 0 spiro atoms. The Morgan fingerprint density at radius 1 is 1.58 bits per heavy atom. The van der Waals surface area contributed by atoms with Gasteiger partial charge < -0.3 is 10.8 Å². The summed E-state index contributed by atoms with van der Waals surface area (Å²) in [4.78, 5) is 17.5. The van der Waals surface area contributed by atoms with E-state index in [4.69, 9.17) is 10.8 Å². The zero-order valence-electron chi connectivity index (χ0n) is 5.35. The molecule has 0 aliphatic carbocycles. The summed E-state index contributed by atoms with van der Waals surface area (Å²) in [6, 6.07) is 1.07. The molecule has 1 rings (SSSR count). The molecule has 0 saturated carbocycles. The third-order valence-corrected chi connectivity index (χ3v) is 1.15. The first-order valence-electron chi connectivity index (χ1n) is 2.66. The Bertz CT molecular complexity index is 286. The van der Waals surface area contributed by atoms with Crippen molar-refractivity contribution < 1.29 is 9.90 Å². The standard InChI is InChI=1S/C5H5N3O2S.Na.H/c6-4(10)2-1-3(9)8-5(11)7-2;;/h1H,(H2,6,10)(H2,7,8,9,11);;. The Hall–Kier alpha value is -0.300. The third-order valence-electron chi connectivity index (χ3n) is 0.953. The summed E-state index contributed by atoms with van der Waals surface area (Å²) < 4.78 is 0. The number of aromatic hydroxyl groups is 1. The van der Waals surface area contributed by atoms with Crippen molar-refractivity contribution in [1.29, 1.82) is 0 Å². The van der Waals surface area contributed by atoms with Crippen LogP contribution in [0.4, 0.5) is 0 Å². The summed E-state index contributed by atoms with van der Waals surface area (Å²) in [7, 11) is 0. The van der Waals surface area contributed by atoms with Crippen molar-refractivity contribution in [3.63, 3.8) is 0 Å². The molecule has 0 fully saturated rings. The van der Waals surface area contributed by atoms with E-state index in [1.807, 2.05) is 0 Å². The van der Waals surface area contributed by atoms with Gasteiger partial charge in [0.1, 0.15) is 5.69 Å². The molecule has 0 unspecified atom stereocenters. The van der Waals surface area contributed by atoms with Crippen molar-refractivity contribution in [1.82, 2.24) is 9.97 Å². The van der Waals surface area contributed by atoms with Crippen LogP contribution < -0.4 is 5.73 Å². The maximum absolute atomic E-state index is 10.5. The van der Waals surface area contributed by atoms with E-state index in [2.05, 4.69) is 22.6 Å².